The molecule has 2 aliphatic heterocycles. The zero-order valence-corrected chi connectivity index (χ0v) is 24.5. The number of hydrogen-bond acceptors (Lipinski definition) is 6. The van der Waals surface area contributed by atoms with Crippen LogP contribution in [0.25, 0.3) is 6.08 Å². The molecule has 0 N–H and O–H groups in total. The van der Waals surface area contributed by atoms with Crippen molar-refractivity contribution in [1.82, 2.24) is 0 Å². The molecule has 42 heavy (non-hydrogen) atoms. The van der Waals surface area contributed by atoms with Crippen LogP contribution in [0.15, 0.2) is 102 Å². The zero-order valence-electron chi connectivity index (χ0n) is 22.9. The molecule has 1 unspecified atom stereocenters. The lowest BCUT2D eigenvalue weighted by atomic mass is 9.64. The highest BCUT2D eigenvalue weighted by Gasteiger charge is 2.71. The lowest BCUT2D eigenvalue weighted by Crippen LogP contribution is -2.48. The summed E-state index contributed by atoms with van der Waals surface area (Å²) in [5.74, 6) is -0.576. The minimum absolute atomic E-state index is 0.169. The molecule has 1 spiro atoms. The highest BCUT2D eigenvalue weighted by Crippen LogP contribution is 2.61. The SMILES string of the molecule is COc1ccc([C@H]2[C@H](C(=O)c3ccccc3)N3c4ccc(Br)cc4C=CC3C23C(=O)c2ccccc2C3=O)cc1OC. The van der Waals surface area contributed by atoms with E-state index in [1.54, 1.807) is 62.8 Å². The van der Waals surface area contributed by atoms with Crippen LogP contribution in [0.2, 0.25) is 0 Å². The molecule has 4 aromatic carbocycles. The van der Waals surface area contributed by atoms with Crippen LogP contribution in [-0.2, 0) is 0 Å². The number of hydrogen-bond donors (Lipinski definition) is 0. The van der Waals surface area contributed by atoms with Crippen LogP contribution >= 0.6 is 15.9 Å². The van der Waals surface area contributed by atoms with Gasteiger partial charge in [-0.2, -0.15) is 0 Å². The number of Topliss-reactive ketones (excluding diaryl/α,β-unsaturated/α-hetero) is 3. The Kier molecular flexibility index (Phi) is 6.17. The van der Waals surface area contributed by atoms with Gasteiger partial charge in [-0.25, -0.2) is 0 Å². The maximum Gasteiger partial charge on any atom is 0.185 e. The Morgan fingerprint density at radius 1 is 0.810 bits per heavy atom. The molecule has 1 saturated heterocycles. The number of rotatable bonds is 5. The monoisotopic (exact) mass is 619 g/mol. The van der Waals surface area contributed by atoms with Crippen molar-refractivity contribution < 1.29 is 23.9 Å². The highest BCUT2D eigenvalue weighted by atomic mass is 79.9. The minimum atomic E-state index is -1.58. The molecule has 7 rings (SSSR count). The Morgan fingerprint density at radius 3 is 2.14 bits per heavy atom. The standard InChI is InChI=1S/C35H26BrNO5/c1-41-27-16-12-22(19-28(27)42-2)30-31(32(38)20-8-4-3-5-9-20)37-26-15-14-23(36)18-21(26)13-17-29(37)35(30)33(39)24-10-6-7-11-25(24)34(35)40/h3-19,29-31H,1-2H3/t29?,30-,31+/m0/s1. The molecule has 2 heterocycles. The molecule has 1 fully saturated rings. The molecular weight excluding hydrogens is 594 g/mol. The van der Waals surface area contributed by atoms with Gasteiger partial charge in [-0.05, 0) is 41.5 Å². The Bertz CT molecular complexity index is 1780. The molecule has 3 atom stereocenters. The van der Waals surface area contributed by atoms with E-state index in [-0.39, 0.29) is 17.3 Å². The molecule has 6 nitrogen and oxygen atoms in total. The smallest absolute Gasteiger partial charge is 0.185 e. The molecule has 0 bridgehead atoms. The predicted molar refractivity (Wildman–Crippen MR) is 164 cm³/mol. The first-order valence-corrected chi connectivity index (χ1v) is 14.5. The lowest BCUT2D eigenvalue weighted by molar-refractivity contribution is 0.0665. The number of carbonyl (C=O) groups is 3. The van der Waals surface area contributed by atoms with Gasteiger partial charge < -0.3 is 14.4 Å². The van der Waals surface area contributed by atoms with Crippen LogP contribution in [-0.4, -0.2) is 43.7 Å². The number of fused-ring (bicyclic) bond motifs is 5. The zero-order chi connectivity index (χ0) is 29.2. The molecule has 0 amide bonds. The van der Waals surface area contributed by atoms with Crippen molar-refractivity contribution in [1.29, 1.82) is 0 Å². The van der Waals surface area contributed by atoms with E-state index in [2.05, 4.69) is 15.9 Å². The largest absolute Gasteiger partial charge is 0.493 e. The van der Waals surface area contributed by atoms with Gasteiger partial charge in [0.1, 0.15) is 11.5 Å². The molecule has 1 aliphatic carbocycles. The molecule has 7 heteroatoms. The number of benzene rings is 4. The number of methoxy groups -OCH3 is 2. The lowest BCUT2D eigenvalue weighted by Gasteiger charge is -2.37. The van der Waals surface area contributed by atoms with Gasteiger partial charge in [0.15, 0.2) is 28.8 Å². The molecule has 3 aliphatic rings. The number of nitrogens with zero attached hydrogens (tertiary/aromatic N) is 1. The molecule has 208 valence electrons. The fraction of sp³-hybridized carbons (Fsp3) is 0.171. The Balaban J connectivity index is 1.56. The van der Waals surface area contributed by atoms with Crippen molar-refractivity contribution in [2.24, 2.45) is 5.41 Å². The predicted octanol–water partition coefficient (Wildman–Crippen LogP) is 6.78. The van der Waals surface area contributed by atoms with E-state index in [4.69, 9.17) is 9.47 Å². The Morgan fingerprint density at radius 2 is 1.48 bits per heavy atom. The van der Waals surface area contributed by atoms with Crippen LogP contribution < -0.4 is 14.4 Å². The summed E-state index contributed by atoms with van der Waals surface area (Å²) in [7, 11) is 3.09. The van der Waals surface area contributed by atoms with Crippen LogP contribution in [0, 0.1) is 5.41 Å². The van der Waals surface area contributed by atoms with Crippen LogP contribution in [0.5, 0.6) is 11.5 Å². The fourth-order valence-corrected chi connectivity index (χ4v) is 7.52. The van der Waals surface area contributed by atoms with Crippen LogP contribution in [0.4, 0.5) is 5.69 Å². The van der Waals surface area contributed by atoms with Crippen molar-refractivity contribution in [3.63, 3.8) is 0 Å². The summed E-state index contributed by atoms with van der Waals surface area (Å²) >= 11 is 3.57. The maximum atomic E-state index is 14.8. The summed E-state index contributed by atoms with van der Waals surface area (Å²) in [6, 6.07) is 25.7. The number of anilines is 1. The van der Waals surface area contributed by atoms with Crippen molar-refractivity contribution in [3.05, 3.63) is 129 Å². The number of halogens is 1. The van der Waals surface area contributed by atoms with E-state index >= 15 is 0 Å². The molecule has 0 saturated carbocycles. The third-order valence-electron chi connectivity index (χ3n) is 8.86. The molecule has 0 radical (unpaired) electrons. The number of carbonyl (C=O) groups excluding carboxylic acids is 3. The van der Waals surface area contributed by atoms with Crippen molar-refractivity contribution in [3.8, 4) is 11.5 Å². The van der Waals surface area contributed by atoms with Crippen LogP contribution in [0.1, 0.15) is 48.1 Å². The van der Waals surface area contributed by atoms with Gasteiger partial charge in [-0.15, -0.1) is 0 Å². The maximum absolute atomic E-state index is 14.8. The quantitative estimate of drug-likeness (QED) is 0.181. The number of ether oxygens (including phenoxy) is 2. The molecule has 0 aromatic heterocycles. The first-order chi connectivity index (χ1) is 20.4. The van der Waals surface area contributed by atoms with E-state index in [0.717, 1.165) is 15.7 Å². The second-order valence-corrected chi connectivity index (χ2v) is 11.7. The topological polar surface area (TPSA) is 72.9 Å². The van der Waals surface area contributed by atoms with Crippen molar-refractivity contribution >= 4 is 45.0 Å². The highest BCUT2D eigenvalue weighted by molar-refractivity contribution is 9.10. The molecule has 4 aromatic rings. The van der Waals surface area contributed by atoms with Crippen LogP contribution in [0.3, 0.4) is 0 Å². The second kappa shape index (κ2) is 9.81. The Labute approximate surface area is 251 Å². The first-order valence-electron chi connectivity index (χ1n) is 13.7. The fourth-order valence-electron chi connectivity index (χ4n) is 7.14. The summed E-state index contributed by atoms with van der Waals surface area (Å²) in [5.41, 5.74) is 2.03. The first kappa shape index (κ1) is 26.4. The number of ketones is 3. The summed E-state index contributed by atoms with van der Waals surface area (Å²) in [5, 5.41) is 0. The van der Waals surface area contributed by atoms with E-state index < -0.39 is 23.4 Å². The summed E-state index contributed by atoms with van der Waals surface area (Å²) < 4.78 is 12.1. The third-order valence-corrected chi connectivity index (χ3v) is 9.35. The van der Waals surface area contributed by atoms with Crippen molar-refractivity contribution in [2.75, 3.05) is 19.1 Å². The van der Waals surface area contributed by atoms with Gasteiger partial charge >= 0.3 is 0 Å². The summed E-state index contributed by atoms with van der Waals surface area (Å²) in [6.07, 6.45) is 3.87. The molecular formula is C35H26BrNO5. The van der Waals surface area contributed by atoms with Gasteiger partial charge in [0, 0.05) is 32.8 Å². The second-order valence-electron chi connectivity index (χ2n) is 10.8. The van der Waals surface area contributed by atoms with Gasteiger partial charge in [-0.3, -0.25) is 14.4 Å². The van der Waals surface area contributed by atoms with E-state index in [1.807, 2.05) is 59.5 Å². The average Bonchev–Trinajstić information content (AvgIpc) is 3.46. The normalized spacial score (nSPS) is 21.2. The third kappa shape index (κ3) is 3.53. The summed E-state index contributed by atoms with van der Waals surface area (Å²) in [4.78, 5) is 46.2. The van der Waals surface area contributed by atoms with Crippen molar-refractivity contribution in [2.45, 2.75) is 18.0 Å². The van der Waals surface area contributed by atoms with E-state index in [0.29, 0.717) is 33.8 Å². The minimum Gasteiger partial charge on any atom is -0.493 e. The van der Waals surface area contributed by atoms with Gasteiger partial charge in [0.25, 0.3) is 0 Å². The average molecular weight is 620 g/mol. The van der Waals surface area contributed by atoms with E-state index in [9.17, 15) is 14.4 Å². The van der Waals surface area contributed by atoms with Gasteiger partial charge in [0.2, 0.25) is 0 Å². The van der Waals surface area contributed by atoms with Gasteiger partial charge in [-0.1, -0.05) is 88.7 Å². The Hall–Kier alpha value is -4.49. The summed E-state index contributed by atoms with van der Waals surface area (Å²) in [6.45, 7) is 0. The van der Waals surface area contributed by atoms with E-state index in [1.165, 1.54) is 0 Å². The van der Waals surface area contributed by atoms with Gasteiger partial charge in [0.05, 0.1) is 20.3 Å².